The minimum absolute atomic E-state index is 0.0862. The smallest absolute Gasteiger partial charge is 0.325 e. The molecule has 3 saturated heterocycles. The molecule has 8 nitrogen and oxygen atoms in total. The van der Waals surface area contributed by atoms with Crippen molar-refractivity contribution < 1.29 is 19.2 Å². The first-order chi connectivity index (χ1) is 15.4. The van der Waals surface area contributed by atoms with E-state index >= 15 is 0 Å². The zero-order valence-electron chi connectivity index (χ0n) is 19.4. The number of carbonyl (C=O) groups is 4. The van der Waals surface area contributed by atoms with E-state index in [1.54, 1.807) is 4.90 Å². The van der Waals surface area contributed by atoms with Crippen LogP contribution in [-0.2, 0) is 14.4 Å². The molecular weight excluding hydrogens is 408 g/mol. The molecule has 0 aromatic heterocycles. The summed E-state index contributed by atoms with van der Waals surface area (Å²) in [5.74, 6) is 0.744. The van der Waals surface area contributed by atoms with Gasteiger partial charge in [-0.05, 0) is 38.0 Å². The third-order valence-electron chi connectivity index (χ3n) is 8.07. The van der Waals surface area contributed by atoms with Crippen LogP contribution in [0.3, 0.4) is 0 Å². The van der Waals surface area contributed by atoms with Crippen molar-refractivity contribution in [3.05, 3.63) is 0 Å². The van der Waals surface area contributed by atoms with Crippen molar-refractivity contribution in [2.75, 3.05) is 26.2 Å². The van der Waals surface area contributed by atoms with Crippen LogP contribution in [0.15, 0.2) is 0 Å². The van der Waals surface area contributed by atoms with Gasteiger partial charge < -0.3 is 15.1 Å². The number of carbonyl (C=O) groups excluding carboxylic acids is 4. The molecule has 0 radical (unpaired) electrons. The number of nitrogens with zero attached hydrogens (tertiary/aromatic N) is 3. The van der Waals surface area contributed by atoms with Crippen molar-refractivity contribution >= 4 is 23.8 Å². The third kappa shape index (κ3) is 4.64. The minimum Gasteiger partial charge on any atom is -0.343 e. The van der Waals surface area contributed by atoms with Gasteiger partial charge in [0.15, 0.2) is 0 Å². The van der Waals surface area contributed by atoms with Gasteiger partial charge in [0.25, 0.3) is 5.91 Å². The van der Waals surface area contributed by atoms with Crippen LogP contribution in [0.2, 0.25) is 0 Å². The van der Waals surface area contributed by atoms with Gasteiger partial charge in [-0.1, -0.05) is 39.0 Å². The molecule has 0 aromatic rings. The van der Waals surface area contributed by atoms with E-state index in [4.69, 9.17) is 0 Å². The molecule has 1 spiro atoms. The maximum absolute atomic E-state index is 13.4. The van der Waals surface area contributed by atoms with Gasteiger partial charge in [0, 0.05) is 39.0 Å². The average molecular weight is 447 g/mol. The number of amides is 5. The molecule has 4 aliphatic rings. The van der Waals surface area contributed by atoms with E-state index in [1.165, 1.54) is 37.0 Å². The fourth-order valence-corrected chi connectivity index (χ4v) is 6.03. The molecule has 1 N–H and O–H groups in total. The summed E-state index contributed by atoms with van der Waals surface area (Å²) in [5, 5.41) is 2.95. The number of piperidine rings is 2. The SMILES string of the molecule is CCC(=O)N1CCC2(CC1)NC(=O)N([C@@H]1CCCN(C(=O)CCC3CCCCC3)C1)C2=O. The second-order valence-corrected chi connectivity index (χ2v) is 10.1. The molecule has 32 heavy (non-hydrogen) atoms. The summed E-state index contributed by atoms with van der Waals surface area (Å²) >= 11 is 0. The van der Waals surface area contributed by atoms with Crippen molar-refractivity contribution in [2.45, 2.75) is 95.6 Å². The number of nitrogens with one attached hydrogen (secondary N) is 1. The minimum atomic E-state index is -0.894. The molecule has 0 unspecified atom stereocenters. The summed E-state index contributed by atoms with van der Waals surface area (Å²) < 4.78 is 0. The largest absolute Gasteiger partial charge is 0.343 e. The standard InChI is InChI=1S/C24H38N4O4/c1-2-20(29)26-15-12-24(13-16-26)22(31)28(23(32)25-24)19-9-6-14-27(17-19)21(30)11-10-18-7-4-3-5-8-18/h18-19H,2-17H2,1H3,(H,25,32)/t19-/m1/s1. The normalized spacial score (nSPS) is 26.5. The number of imide groups is 1. The lowest BCUT2D eigenvalue weighted by Gasteiger charge is -2.39. The summed E-state index contributed by atoms with van der Waals surface area (Å²) in [6.07, 6.45) is 10.8. The number of rotatable bonds is 5. The highest BCUT2D eigenvalue weighted by Crippen LogP contribution is 2.33. The van der Waals surface area contributed by atoms with Crippen molar-refractivity contribution in [2.24, 2.45) is 5.92 Å². The van der Waals surface area contributed by atoms with Gasteiger partial charge in [-0.25, -0.2) is 4.79 Å². The van der Waals surface area contributed by atoms with Crippen molar-refractivity contribution in [3.63, 3.8) is 0 Å². The van der Waals surface area contributed by atoms with Gasteiger partial charge in [-0.3, -0.25) is 19.3 Å². The van der Waals surface area contributed by atoms with Crippen molar-refractivity contribution in [1.82, 2.24) is 20.0 Å². The second kappa shape index (κ2) is 9.79. The van der Waals surface area contributed by atoms with E-state index in [-0.39, 0.29) is 29.8 Å². The molecule has 3 aliphatic heterocycles. The highest BCUT2D eigenvalue weighted by molar-refractivity contribution is 6.07. The Kier molecular flexibility index (Phi) is 7.05. The van der Waals surface area contributed by atoms with E-state index in [2.05, 4.69) is 5.32 Å². The Hall–Kier alpha value is -2.12. The zero-order valence-corrected chi connectivity index (χ0v) is 19.4. The van der Waals surface area contributed by atoms with E-state index in [0.717, 1.165) is 19.3 Å². The summed E-state index contributed by atoms with van der Waals surface area (Å²) in [4.78, 5) is 56.1. The van der Waals surface area contributed by atoms with Gasteiger partial charge in [0.2, 0.25) is 11.8 Å². The second-order valence-electron chi connectivity index (χ2n) is 10.1. The van der Waals surface area contributed by atoms with E-state index in [0.29, 0.717) is 57.8 Å². The maximum Gasteiger partial charge on any atom is 0.325 e. The first-order valence-corrected chi connectivity index (χ1v) is 12.6. The van der Waals surface area contributed by atoms with E-state index < -0.39 is 5.54 Å². The maximum atomic E-state index is 13.4. The van der Waals surface area contributed by atoms with Crippen LogP contribution >= 0.6 is 0 Å². The highest BCUT2D eigenvalue weighted by Gasteiger charge is 2.54. The lowest BCUT2D eigenvalue weighted by atomic mass is 9.86. The lowest BCUT2D eigenvalue weighted by molar-refractivity contribution is -0.141. The van der Waals surface area contributed by atoms with E-state index in [9.17, 15) is 19.2 Å². The summed E-state index contributed by atoms with van der Waals surface area (Å²) in [5.41, 5.74) is -0.894. The van der Waals surface area contributed by atoms with Crippen LogP contribution in [0.1, 0.15) is 84.0 Å². The monoisotopic (exact) mass is 446 g/mol. The fourth-order valence-electron chi connectivity index (χ4n) is 6.03. The summed E-state index contributed by atoms with van der Waals surface area (Å²) in [7, 11) is 0. The van der Waals surface area contributed by atoms with Gasteiger partial charge in [0.1, 0.15) is 5.54 Å². The number of likely N-dealkylation sites (tertiary alicyclic amines) is 2. The van der Waals surface area contributed by atoms with Crippen LogP contribution in [0.5, 0.6) is 0 Å². The fraction of sp³-hybridized carbons (Fsp3) is 0.833. The Bertz CT molecular complexity index is 740. The first-order valence-electron chi connectivity index (χ1n) is 12.6. The lowest BCUT2D eigenvalue weighted by Crippen LogP contribution is -2.57. The van der Waals surface area contributed by atoms with Crippen molar-refractivity contribution in [3.8, 4) is 0 Å². The Morgan fingerprint density at radius 1 is 0.938 bits per heavy atom. The van der Waals surface area contributed by atoms with Crippen LogP contribution < -0.4 is 5.32 Å². The predicted molar refractivity (Wildman–Crippen MR) is 120 cm³/mol. The Morgan fingerprint density at radius 3 is 2.34 bits per heavy atom. The molecule has 0 bridgehead atoms. The molecule has 178 valence electrons. The Morgan fingerprint density at radius 2 is 1.66 bits per heavy atom. The zero-order chi connectivity index (χ0) is 22.7. The van der Waals surface area contributed by atoms with Crippen LogP contribution in [-0.4, -0.2) is 76.2 Å². The van der Waals surface area contributed by atoms with Gasteiger partial charge in [0.05, 0.1) is 6.04 Å². The van der Waals surface area contributed by atoms with E-state index in [1.807, 2.05) is 11.8 Å². The van der Waals surface area contributed by atoms with Crippen molar-refractivity contribution in [1.29, 1.82) is 0 Å². The number of hydrogen-bond donors (Lipinski definition) is 1. The third-order valence-corrected chi connectivity index (χ3v) is 8.07. The molecule has 1 atom stereocenters. The molecule has 5 amide bonds. The summed E-state index contributed by atoms with van der Waals surface area (Å²) in [6.45, 7) is 3.97. The molecular formula is C24H38N4O4. The Labute approximate surface area is 191 Å². The molecule has 1 aliphatic carbocycles. The molecule has 4 fully saturated rings. The number of hydrogen-bond acceptors (Lipinski definition) is 4. The Balaban J connectivity index is 1.34. The highest BCUT2D eigenvalue weighted by atomic mass is 16.2. The summed E-state index contributed by atoms with van der Waals surface area (Å²) in [6, 6.07) is -0.601. The van der Waals surface area contributed by atoms with Gasteiger partial charge in [-0.2, -0.15) is 0 Å². The van der Waals surface area contributed by atoms with Gasteiger partial charge in [-0.15, -0.1) is 0 Å². The van der Waals surface area contributed by atoms with Gasteiger partial charge >= 0.3 is 6.03 Å². The van der Waals surface area contributed by atoms with Crippen LogP contribution in [0.25, 0.3) is 0 Å². The van der Waals surface area contributed by atoms with Crippen LogP contribution in [0, 0.1) is 5.92 Å². The van der Waals surface area contributed by atoms with Crippen LogP contribution in [0.4, 0.5) is 4.79 Å². The molecule has 4 rings (SSSR count). The predicted octanol–water partition coefficient (Wildman–Crippen LogP) is 2.66. The number of urea groups is 1. The topological polar surface area (TPSA) is 90.0 Å². The first kappa shape index (κ1) is 23.1. The quantitative estimate of drug-likeness (QED) is 0.658. The molecule has 0 aromatic carbocycles. The molecule has 8 heteroatoms. The average Bonchev–Trinajstić information content (AvgIpc) is 3.07. The molecule has 1 saturated carbocycles. The molecule has 3 heterocycles.